The van der Waals surface area contributed by atoms with Crippen LogP contribution in [0.2, 0.25) is 5.02 Å². The second-order valence-corrected chi connectivity index (χ2v) is 9.35. The van der Waals surface area contributed by atoms with Gasteiger partial charge < -0.3 is 5.32 Å². The van der Waals surface area contributed by atoms with E-state index < -0.39 is 11.9 Å². The van der Waals surface area contributed by atoms with Gasteiger partial charge in [-0.2, -0.15) is 0 Å². The number of nitrogens with zero attached hydrogens (tertiary/aromatic N) is 1. The van der Waals surface area contributed by atoms with E-state index in [0.29, 0.717) is 16.3 Å². The standard InChI is InChI=1S/C25H24ClFN2O2S/c26-21-9-3-4-10-22(21)29(23(30)16-20-8-5-15-32-20)24(17-11-13-18(27)14-12-17)25(31)28-19-6-1-2-7-19/h3-5,8-15,19,24H,1-2,6-7,16H2,(H,28,31)/t24-/m0/s1. The zero-order valence-electron chi connectivity index (χ0n) is 17.5. The minimum absolute atomic E-state index is 0.0749. The molecule has 1 aliphatic rings. The molecule has 1 fully saturated rings. The van der Waals surface area contributed by atoms with Crippen molar-refractivity contribution >= 4 is 40.4 Å². The number of para-hydroxylation sites is 1. The van der Waals surface area contributed by atoms with Gasteiger partial charge in [-0.05, 0) is 54.1 Å². The fraction of sp³-hybridized carbons (Fsp3) is 0.280. The summed E-state index contributed by atoms with van der Waals surface area (Å²) in [7, 11) is 0. The maximum atomic E-state index is 13.7. The van der Waals surface area contributed by atoms with E-state index in [-0.39, 0.29) is 24.3 Å². The fourth-order valence-electron chi connectivity index (χ4n) is 4.12. The summed E-state index contributed by atoms with van der Waals surface area (Å²) in [4.78, 5) is 29.5. The first-order valence-electron chi connectivity index (χ1n) is 10.7. The van der Waals surface area contributed by atoms with Crippen molar-refractivity contribution in [3.63, 3.8) is 0 Å². The van der Waals surface area contributed by atoms with E-state index in [0.717, 1.165) is 30.6 Å². The van der Waals surface area contributed by atoms with E-state index in [1.807, 2.05) is 17.5 Å². The Balaban J connectivity index is 1.77. The predicted molar refractivity (Wildman–Crippen MR) is 127 cm³/mol. The molecule has 2 amide bonds. The van der Waals surface area contributed by atoms with Gasteiger partial charge in [-0.1, -0.05) is 54.8 Å². The first-order chi connectivity index (χ1) is 15.5. The van der Waals surface area contributed by atoms with Crippen LogP contribution < -0.4 is 10.2 Å². The van der Waals surface area contributed by atoms with Crippen LogP contribution in [-0.2, 0) is 16.0 Å². The van der Waals surface area contributed by atoms with Crippen LogP contribution in [0.5, 0.6) is 0 Å². The summed E-state index contributed by atoms with van der Waals surface area (Å²) < 4.78 is 13.7. The summed E-state index contributed by atoms with van der Waals surface area (Å²) >= 11 is 7.98. The molecule has 4 nitrogen and oxygen atoms in total. The second kappa shape index (κ2) is 10.3. The highest BCUT2D eigenvalue weighted by atomic mass is 35.5. The topological polar surface area (TPSA) is 49.4 Å². The number of carbonyl (C=O) groups is 2. The maximum absolute atomic E-state index is 13.7. The van der Waals surface area contributed by atoms with Gasteiger partial charge >= 0.3 is 0 Å². The Morgan fingerprint density at radius 1 is 1.06 bits per heavy atom. The number of anilines is 1. The maximum Gasteiger partial charge on any atom is 0.248 e. The third kappa shape index (κ3) is 5.19. The molecular weight excluding hydrogens is 447 g/mol. The summed E-state index contributed by atoms with van der Waals surface area (Å²) in [6.07, 6.45) is 4.10. The highest BCUT2D eigenvalue weighted by molar-refractivity contribution is 7.10. The van der Waals surface area contributed by atoms with Crippen molar-refractivity contribution in [3.8, 4) is 0 Å². The van der Waals surface area contributed by atoms with Crippen molar-refractivity contribution in [2.75, 3.05) is 4.90 Å². The number of benzene rings is 2. The first-order valence-corrected chi connectivity index (χ1v) is 11.9. The number of rotatable bonds is 7. The molecule has 0 spiro atoms. The number of thiophene rings is 1. The molecule has 0 radical (unpaired) electrons. The van der Waals surface area contributed by atoms with Gasteiger partial charge in [-0.25, -0.2) is 4.39 Å². The number of carbonyl (C=O) groups excluding carboxylic acids is 2. The van der Waals surface area contributed by atoms with Crippen LogP contribution in [-0.4, -0.2) is 17.9 Å². The Morgan fingerprint density at radius 2 is 1.78 bits per heavy atom. The first kappa shape index (κ1) is 22.5. The fourth-order valence-corrected chi connectivity index (χ4v) is 5.05. The molecule has 1 atom stereocenters. The van der Waals surface area contributed by atoms with E-state index in [2.05, 4.69) is 5.32 Å². The molecule has 1 aliphatic carbocycles. The van der Waals surface area contributed by atoms with Crippen molar-refractivity contribution in [1.82, 2.24) is 5.32 Å². The number of hydrogen-bond donors (Lipinski definition) is 1. The van der Waals surface area contributed by atoms with Crippen LogP contribution in [0.4, 0.5) is 10.1 Å². The molecule has 32 heavy (non-hydrogen) atoms. The Morgan fingerprint density at radius 3 is 2.44 bits per heavy atom. The van der Waals surface area contributed by atoms with Crippen molar-refractivity contribution < 1.29 is 14.0 Å². The van der Waals surface area contributed by atoms with Gasteiger partial charge in [0.05, 0.1) is 17.1 Å². The molecule has 3 aromatic rings. The van der Waals surface area contributed by atoms with Gasteiger partial charge in [0.2, 0.25) is 11.8 Å². The summed E-state index contributed by atoms with van der Waals surface area (Å²) in [5.74, 6) is -0.947. The lowest BCUT2D eigenvalue weighted by atomic mass is 10.0. The van der Waals surface area contributed by atoms with Crippen molar-refractivity contribution in [2.45, 2.75) is 44.2 Å². The lowest BCUT2D eigenvalue weighted by Gasteiger charge is -2.33. The SMILES string of the molecule is O=C(NC1CCCC1)[C@H](c1ccc(F)cc1)N(C(=O)Cc1cccs1)c1ccccc1Cl. The monoisotopic (exact) mass is 470 g/mol. The van der Waals surface area contributed by atoms with E-state index in [1.54, 1.807) is 36.4 Å². The molecule has 166 valence electrons. The van der Waals surface area contributed by atoms with E-state index in [4.69, 9.17) is 11.6 Å². The van der Waals surface area contributed by atoms with Gasteiger partial charge in [0.25, 0.3) is 0 Å². The van der Waals surface area contributed by atoms with E-state index >= 15 is 0 Å². The minimum Gasteiger partial charge on any atom is -0.351 e. The summed E-state index contributed by atoms with van der Waals surface area (Å²) in [6, 6.07) is 15.6. The van der Waals surface area contributed by atoms with E-state index in [1.165, 1.54) is 28.4 Å². The lowest BCUT2D eigenvalue weighted by molar-refractivity contribution is -0.127. The molecule has 1 heterocycles. The van der Waals surface area contributed by atoms with Crippen LogP contribution in [0.25, 0.3) is 0 Å². The van der Waals surface area contributed by atoms with Crippen LogP contribution in [0.1, 0.15) is 42.2 Å². The molecule has 1 aromatic heterocycles. The normalized spacial score (nSPS) is 14.8. The minimum atomic E-state index is -0.969. The molecule has 0 aliphatic heterocycles. The number of hydrogen-bond acceptors (Lipinski definition) is 3. The number of amides is 2. The van der Waals surface area contributed by atoms with Crippen LogP contribution >= 0.6 is 22.9 Å². The quantitative estimate of drug-likeness (QED) is 0.466. The summed E-state index contributed by atoms with van der Waals surface area (Å²) in [5, 5.41) is 5.39. The molecule has 7 heteroatoms. The summed E-state index contributed by atoms with van der Waals surface area (Å²) in [6.45, 7) is 0. The molecule has 1 saturated carbocycles. The highest BCUT2D eigenvalue weighted by Gasteiger charge is 2.35. The van der Waals surface area contributed by atoms with E-state index in [9.17, 15) is 14.0 Å². The molecule has 1 N–H and O–H groups in total. The number of halogens is 2. The largest absolute Gasteiger partial charge is 0.351 e. The zero-order valence-corrected chi connectivity index (χ0v) is 19.0. The number of nitrogens with one attached hydrogen (secondary N) is 1. The Hall–Kier alpha value is -2.70. The van der Waals surface area contributed by atoms with Crippen molar-refractivity contribution in [3.05, 3.63) is 87.3 Å². The molecule has 0 bridgehead atoms. The Kier molecular flexibility index (Phi) is 7.22. The van der Waals surface area contributed by atoms with Gasteiger partial charge in [-0.15, -0.1) is 11.3 Å². The molecular formula is C25H24ClFN2O2S. The summed E-state index contributed by atoms with van der Waals surface area (Å²) in [5.41, 5.74) is 0.980. The lowest BCUT2D eigenvalue weighted by Crippen LogP contribution is -2.47. The highest BCUT2D eigenvalue weighted by Crippen LogP contribution is 2.34. The smallest absolute Gasteiger partial charge is 0.248 e. The van der Waals surface area contributed by atoms with Crippen molar-refractivity contribution in [2.24, 2.45) is 0 Å². The predicted octanol–water partition coefficient (Wildman–Crippen LogP) is 5.92. The Labute approximate surface area is 196 Å². The van der Waals surface area contributed by atoms with Crippen LogP contribution in [0.15, 0.2) is 66.0 Å². The third-order valence-electron chi connectivity index (χ3n) is 5.68. The van der Waals surface area contributed by atoms with Gasteiger partial charge in [-0.3, -0.25) is 14.5 Å². The Bertz CT molecular complexity index is 1070. The zero-order chi connectivity index (χ0) is 22.5. The van der Waals surface area contributed by atoms with Gasteiger partial charge in [0, 0.05) is 10.9 Å². The third-order valence-corrected chi connectivity index (χ3v) is 6.88. The van der Waals surface area contributed by atoms with Gasteiger partial charge in [0.1, 0.15) is 11.9 Å². The molecule has 4 rings (SSSR count). The average Bonchev–Trinajstić information content (AvgIpc) is 3.48. The molecule has 2 aromatic carbocycles. The van der Waals surface area contributed by atoms with Gasteiger partial charge in [0.15, 0.2) is 0 Å². The second-order valence-electron chi connectivity index (χ2n) is 7.92. The molecule has 0 unspecified atom stereocenters. The van der Waals surface area contributed by atoms with Crippen LogP contribution in [0, 0.1) is 5.82 Å². The molecule has 0 saturated heterocycles. The van der Waals surface area contributed by atoms with Crippen molar-refractivity contribution in [1.29, 1.82) is 0 Å². The average molecular weight is 471 g/mol. The van der Waals surface area contributed by atoms with Crippen LogP contribution in [0.3, 0.4) is 0 Å².